The number of rotatable bonds is 2. The second kappa shape index (κ2) is 4.98. The number of pyridine rings is 1. The second-order valence-electron chi connectivity index (χ2n) is 3.00. The molecule has 0 fully saturated rings. The van der Waals surface area contributed by atoms with Crippen LogP contribution in [0.2, 0.25) is 0 Å². The molecule has 1 N–H and O–H groups in total. The number of carbonyl (C=O) groups is 1. The Bertz CT molecular complexity index is 434. The summed E-state index contributed by atoms with van der Waals surface area (Å²) in [4.78, 5) is 15.7. The minimum Gasteiger partial charge on any atom is -0.494 e. The van der Waals surface area contributed by atoms with Crippen LogP contribution >= 0.6 is 15.9 Å². The van der Waals surface area contributed by atoms with Gasteiger partial charge in [-0.1, -0.05) is 0 Å². The van der Waals surface area contributed by atoms with Crippen LogP contribution in [-0.2, 0) is 14.3 Å². The fraction of sp³-hybridized carbons (Fsp3) is 0.200. The molecule has 1 aromatic rings. The minimum absolute atomic E-state index is 0.169. The van der Waals surface area contributed by atoms with Crippen molar-refractivity contribution in [3.63, 3.8) is 0 Å². The highest BCUT2D eigenvalue weighted by Gasteiger charge is 2.16. The number of aromatic nitrogens is 1. The lowest BCUT2D eigenvalue weighted by molar-refractivity contribution is -0.117. The van der Waals surface area contributed by atoms with E-state index in [4.69, 9.17) is 9.47 Å². The first-order chi connectivity index (χ1) is 7.77. The summed E-state index contributed by atoms with van der Waals surface area (Å²) < 4.78 is 10.7. The summed E-state index contributed by atoms with van der Waals surface area (Å²) in [7, 11) is 0. The van der Waals surface area contributed by atoms with Gasteiger partial charge in [0.25, 0.3) is 5.91 Å². The first kappa shape index (κ1) is 10.9. The summed E-state index contributed by atoms with van der Waals surface area (Å²) in [5.74, 6) is -0.185. The largest absolute Gasteiger partial charge is 0.494 e. The Balaban J connectivity index is 2.07. The Hall–Kier alpha value is -1.56. The molecule has 0 saturated heterocycles. The van der Waals surface area contributed by atoms with Crippen molar-refractivity contribution in [2.75, 3.05) is 18.5 Å². The van der Waals surface area contributed by atoms with Crippen LogP contribution in [0, 0.1) is 0 Å². The Morgan fingerprint density at radius 3 is 3.06 bits per heavy atom. The Labute approximate surface area is 101 Å². The standard InChI is InChI=1S/C10H9BrN2O3/c11-9-7(2-1-3-12-9)13-10(14)8-6-15-4-5-16-8/h1-3,6H,4-5H2,(H,13,14). The van der Waals surface area contributed by atoms with Crippen LogP contribution in [0.4, 0.5) is 5.69 Å². The summed E-state index contributed by atoms with van der Waals surface area (Å²) >= 11 is 3.23. The van der Waals surface area contributed by atoms with Crippen LogP contribution in [0.5, 0.6) is 0 Å². The number of nitrogens with one attached hydrogen (secondary N) is 1. The lowest BCUT2D eigenvalue weighted by Gasteiger charge is -2.15. The Morgan fingerprint density at radius 1 is 1.50 bits per heavy atom. The maximum absolute atomic E-state index is 11.7. The fourth-order valence-corrected chi connectivity index (χ4v) is 1.50. The number of ether oxygens (including phenoxy) is 2. The van der Waals surface area contributed by atoms with E-state index in [0.717, 1.165) is 0 Å². The molecule has 0 spiro atoms. The molecular weight excluding hydrogens is 276 g/mol. The highest BCUT2D eigenvalue weighted by atomic mass is 79.9. The molecule has 0 saturated carbocycles. The van der Waals surface area contributed by atoms with Gasteiger partial charge in [0.15, 0.2) is 0 Å². The van der Waals surface area contributed by atoms with E-state index in [9.17, 15) is 4.79 Å². The topological polar surface area (TPSA) is 60.5 Å². The van der Waals surface area contributed by atoms with Crippen LogP contribution in [0.15, 0.2) is 35.0 Å². The van der Waals surface area contributed by atoms with E-state index in [1.165, 1.54) is 6.26 Å². The molecule has 6 heteroatoms. The third-order valence-electron chi connectivity index (χ3n) is 1.88. The van der Waals surface area contributed by atoms with Crippen LogP contribution in [-0.4, -0.2) is 24.1 Å². The summed E-state index contributed by atoms with van der Waals surface area (Å²) in [5, 5.41) is 2.66. The van der Waals surface area contributed by atoms with Crippen molar-refractivity contribution in [2.45, 2.75) is 0 Å². The summed E-state index contributed by atoms with van der Waals surface area (Å²) in [6.07, 6.45) is 2.93. The SMILES string of the molecule is O=C(Nc1cccnc1Br)C1=COCCO1. The minimum atomic E-state index is -0.353. The van der Waals surface area contributed by atoms with Gasteiger partial charge in [-0.3, -0.25) is 4.79 Å². The average Bonchev–Trinajstić information content (AvgIpc) is 2.33. The first-order valence-electron chi connectivity index (χ1n) is 4.64. The van der Waals surface area contributed by atoms with E-state index in [1.54, 1.807) is 18.3 Å². The van der Waals surface area contributed by atoms with Crippen molar-refractivity contribution in [3.05, 3.63) is 35.0 Å². The smallest absolute Gasteiger partial charge is 0.294 e. The van der Waals surface area contributed by atoms with Crippen molar-refractivity contribution >= 4 is 27.5 Å². The van der Waals surface area contributed by atoms with Gasteiger partial charge in [-0.15, -0.1) is 0 Å². The average molecular weight is 285 g/mol. The van der Waals surface area contributed by atoms with Crippen LogP contribution in [0.3, 0.4) is 0 Å². The van der Waals surface area contributed by atoms with Crippen molar-refractivity contribution in [2.24, 2.45) is 0 Å². The van der Waals surface area contributed by atoms with E-state index in [1.807, 2.05) is 0 Å². The van der Waals surface area contributed by atoms with E-state index in [-0.39, 0.29) is 11.7 Å². The van der Waals surface area contributed by atoms with Crippen LogP contribution in [0.25, 0.3) is 0 Å². The number of carbonyl (C=O) groups excluding carboxylic acids is 1. The van der Waals surface area contributed by atoms with Crippen LogP contribution < -0.4 is 5.32 Å². The summed E-state index contributed by atoms with van der Waals surface area (Å²) in [6.45, 7) is 0.848. The lowest BCUT2D eigenvalue weighted by Crippen LogP contribution is -2.21. The van der Waals surface area contributed by atoms with Gasteiger partial charge < -0.3 is 14.8 Å². The van der Waals surface area contributed by atoms with Gasteiger partial charge in [0, 0.05) is 6.20 Å². The molecule has 1 aliphatic heterocycles. The van der Waals surface area contributed by atoms with Crippen molar-refractivity contribution in [3.8, 4) is 0 Å². The van der Waals surface area contributed by atoms with Gasteiger partial charge in [-0.05, 0) is 28.1 Å². The normalized spacial score (nSPS) is 14.4. The molecule has 0 bridgehead atoms. The quantitative estimate of drug-likeness (QED) is 0.840. The third-order valence-corrected chi connectivity index (χ3v) is 2.51. The van der Waals surface area contributed by atoms with Gasteiger partial charge >= 0.3 is 0 Å². The summed E-state index contributed by atoms with van der Waals surface area (Å²) in [6, 6.07) is 3.46. The highest BCUT2D eigenvalue weighted by molar-refractivity contribution is 9.10. The number of hydrogen-bond donors (Lipinski definition) is 1. The zero-order valence-electron chi connectivity index (χ0n) is 8.27. The molecule has 1 aliphatic rings. The molecular formula is C10H9BrN2O3. The van der Waals surface area contributed by atoms with Crippen molar-refractivity contribution in [1.29, 1.82) is 0 Å². The van der Waals surface area contributed by atoms with Gasteiger partial charge in [-0.25, -0.2) is 4.98 Å². The molecule has 16 heavy (non-hydrogen) atoms. The lowest BCUT2D eigenvalue weighted by atomic mass is 10.4. The van der Waals surface area contributed by atoms with E-state index in [0.29, 0.717) is 23.5 Å². The van der Waals surface area contributed by atoms with Gasteiger partial charge in [0.05, 0.1) is 5.69 Å². The molecule has 2 rings (SSSR count). The van der Waals surface area contributed by atoms with Crippen LogP contribution in [0.1, 0.15) is 0 Å². The predicted octanol–water partition coefficient (Wildman–Crippen LogP) is 1.67. The first-order valence-corrected chi connectivity index (χ1v) is 5.43. The number of amides is 1. The van der Waals surface area contributed by atoms with E-state index in [2.05, 4.69) is 26.2 Å². The van der Waals surface area contributed by atoms with Crippen molar-refractivity contribution < 1.29 is 14.3 Å². The molecule has 0 atom stereocenters. The second-order valence-corrected chi connectivity index (χ2v) is 3.75. The third kappa shape index (κ3) is 2.52. The number of nitrogens with zero attached hydrogens (tertiary/aromatic N) is 1. The molecule has 2 heterocycles. The zero-order chi connectivity index (χ0) is 11.4. The zero-order valence-corrected chi connectivity index (χ0v) is 9.86. The molecule has 1 aromatic heterocycles. The molecule has 0 unspecified atom stereocenters. The van der Waals surface area contributed by atoms with Gasteiger partial charge in [-0.2, -0.15) is 0 Å². The number of halogens is 1. The van der Waals surface area contributed by atoms with Crippen molar-refractivity contribution in [1.82, 2.24) is 4.98 Å². The molecule has 0 radical (unpaired) electrons. The highest BCUT2D eigenvalue weighted by Crippen LogP contribution is 2.19. The van der Waals surface area contributed by atoms with E-state index < -0.39 is 0 Å². The van der Waals surface area contributed by atoms with E-state index >= 15 is 0 Å². The Morgan fingerprint density at radius 2 is 2.38 bits per heavy atom. The molecule has 1 amide bonds. The Kier molecular flexibility index (Phi) is 3.40. The summed E-state index contributed by atoms with van der Waals surface area (Å²) in [5.41, 5.74) is 0.586. The number of anilines is 1. The van der Waals surface area contributed by atoms with Gasteiger partial charge in [0.2, 0.25) is 5.76 Å². The molecule has 5 nitrogen and oxygen atoms in total. The monoisotopic (exact) mass is 284 g/mol. The predicted molar refractivity (Wildman–Crippen MR) is 60.6 cm³/mol. The molecule has 84 valence electrons. The fourth-order valence-electron chi connectivity index (χ4n) is 1.15. The molecule has 0 aromatic carbocycles. The maximum Gasteiger partial charge on any atom is 0.294 e. The van der Waals surface area contributed by atoms with Gasteiger partial charge in [0.1, 0.15) is 24.1 Å². The maximum atomic E-state index is 11.7. The number of hydrogen-bond acceptors (Lipinski definition) is 4. The molecule has 0 aliphatic carbocycles.